The first-order valence-electron chi connectivity index (χ1n) is 9.79. The number of hydrogen-bond acceptors (Lipinski definition) is 0. The van der Waals surface area contributed by atoms with Gasteiger partial charge in [0.15, 0.2) is 0 Å². The lowest BCUT2D eigenvalue weighted by Gasteiger charge is -2.43. The second kappa shape index (κ2) is 9.72. The third kappa shape index (κ3) is 5.36. The maximum absolute atomic E-state index is 14.0. The van der Waals surface area contributed by atoms with Gasteiger partial charge in [-0.3, -0.25) is 0 Å². The zero-order valence-corrected chi connectivity index (χ0v) is 19.2. The molecule has 0 aromatic carbocycles. The first-order valence-corrected chi connectivity index (χ1v) is 12.9. The molecule has 0 aromatic rings. The van der Waals surface area contributed by atoms with Crippen LogP contribution in [-0.2, 0) is 0 Å². The van der Waals surface area contributed by atoms with Gasteiger partial charge in [-0.05, 0) is 0 Å². The summed E-state index contributed by atoms with van der Waals surface area (Å²) >= 11 is 0. The van der Waals surface area contributed by atoms with Crippen molar-refractivity contribution >= 4 is 8.07 Å². The number of halogens is 17. The Morgan fingerprint density at radius 3 is 1.00 bits per heavy atom. The molecule has 0 radical (unpaired) electrons. The Labute approximate surface area is 189 Å². The van der Waals surface area contributed by atoms with Crippen LogP contribution >= 0.6 is 0 Å². The van der Waals surface area contributed by atoms with Crippen molar-refractivity contribution in [3.8, 4) is 0 Å². The topological polar surface area (TPSA) is 0 Å². The minimum Gasteiger partial charge on any atom is -0.200 e. The summed E-state index contributed by atoms with van der Waals surface area (Å²) < 4.78 is 226. The van der Waals surface area contributed by atoms with Crippen LogP contribution in [0.15, 0.2) is 0 Å². The SMILES string of the molecule is CCC[Si](C)(CCC)CCC(F)(F)C(F)(F)C(F)(F)C(F)(F)C(F)(F)C(F)(F)C(F)(F)C(F)(F)F. The van der Waals surface area contributed by atoms with E-state index in [2.05, 4.69) is 0 Å². The van der Waals surface area contributed by atoms with Crippen molar-refractivity contribution < 1.29 is 74.6 Å². The summed E-state index contributed by atoms with van der Waals surface area (Å²) in [6, 6.07) is -0.588. The molecule has 0 fully saturated rings. The van der Waals surface area contributed by atoms with Gasteiger partial charge in [0, 0.05) is 6.42 Å². The molecule has 0 heterocycles. The smallest absolute Gasteiger partial charge is 0.200 e. The van der Waals surface area contributed by atoms with Crippen LogP contribution in [0.4, 0.5) is 74.6 Å². The van der Waals surface area contributed by atoms with Crippen LogP contribution in [0.1, 0.15) is 33.1 Å². The van der Waals surface area contributed by atoms with Gasteiger partial charge in [0.25, 0.3) is 0 Å². The number of hydrogen-bond donors (Lipinski definition) is 0. The summed E-state index contributed by atoms with van der Waals surface area (Å²) in [4.78, 5) is 0. The molecular formula is C17H21F17Si. The largest absolute Gasteiger partial charge is 0.460 e. The maximum Gasteiger partial charge on any atom is 0.460 e. The second-order valence-electron chi connectivity index (χ2n) is 8.46. The molecule has 0 amide bonds. The average molecular weight is 576 g/mol. The fourth-order valence-corrected chi connectivity index (χ4v) is 7.48. The molecule has 0 atom stereocenters. The zero-order valence-electron chi connectivity index (χ0n) is 18.2. The summed E-state index contributed by atoms with van der Waals surface area (Å²) in [6.45, 7) is 4.46. The highest BCUT2D eigenvalue weighted by molar-refractivity contribution is 6.78. The van der Waals surface area contributed by atoms with E-state index >= 15 is 0 Å². The van der Waals surface area contributed by atoms with Crippen molar-refractivity contribution in [2.45, 2.75) is 105 Å². The fourth-order valence-electron chi connectivity index (χ4n) is 3.39. The van der Waals surface area contributed by atoms with Crippen LogP contribution in [0.3, 0.4) is 0 Å². The molecule has 0 nitrogen and oxygen atoms in total. The Balaban J connectivity index is 6.49. The minimum atomic E-state index is -8.57. The highest BCUT2D eigenvalue weighted by atomic mass is 28.3. The van der Waals surface area contributed by atoms with E-state index in [0.717, 1.165) is 0 Å². The molecule has 0 aliphatic heterocycles. The van der Waals surface area contributed by atoms with Crippen molar-refractivity contribution in [2.24, 2.45) is 0 Å². The predicted molar refractivity (Wildman–Crippen MR) is 91.9 cm³/mol. The third-order valence-corrected chi connectivity index (χ3v) is 10.4. The second-order valence-corrected chi connectivity index (χ2v) is 13.6. The van der Waals surface area contributed by atoms with Crippen LogP contribution in [0.2, 0.25) is 24.7 Å². The molecule has 35 heavy (non-hydrogen) atoms. The Kier molecular flexibility index (Phi) is 9.45. The first-order chi connectivity index (χ1) is 15.1. The van der Waals surface area contributed by atoms with Crippen molar-refractivity contribution in [3.05, 3.63) is 0 Å². The van der Waals surface area contributed by atoms with Gasteiger partial charge in [0.1, 0.15) is 0 Å². The van der Waals surface area contributed by atoms with Crippen molar-refractivity contribution in [1.29, 1.82) is 0 Å². The highest BCUT2D eigenvalue weighted by Gasteiger charge is 2.95. The van der Waals surface area contributed by atoms with Crippen LogP contribution in [0.25, 0.3) is 0 Å². The van der Waals surface area contributed by atoms with E-state index in [1.807, 2.05) is 0 Å². The normalized spacial score (nSPS) is 16.1. The van der Waals surface area contributed by atoms with Gasteiger partial charge in [-0.15, -0.1) is 0 Å². The van der Waals surface area contributed by atoms with Gasteiger partial charge in [0.2, 0.25) is 0 Å². The third-order valence-electron chi connectivity index (χ3n) is 5.54. The van der Waals surface area contributed by atoms with E-state index in [1.165, 1.54) is 6.55 Å². The lowest BCUT2D eigenvalue weighted by atomic mass is 9.88. The zero-order chi connectivity index (χ0) is 28.7. The van der Waals surface area contributed by atoms with Gasteiger partial charge in [-0.25, -0.2) is 0 Å². The van der Waals surface area contributed by atoms with Crippen molar-refractivity contribution in [2.75, 3.05) is 0 Å². The van der Waals surface area contributed by atoms with Gasteiger partial charge in [-0.1, -0.05) is 51.4 Å². The number of alkyl halides is 17. The van der Waals surface area contributed by atoms with E-state index in [-0.39, 0.29) is 12.1 Å². The van der Waals surface area contributed by atoms with Crippen LogP contribution in [0.5, 0.6) is 0 Å². The molecule has 0 aliphatic rings. The molecule has 18 heteroatoms. The van der Waals surface area contributed by atoms with Gasteiger partial charge in [0.05, 0.1) is 8.07 Å². The van der Waals surface area contributed by atoms with E-state index in [9.17, 15) is 74.6 Å². The molecule has 0 saturated heterocycles. The Hall–Kier alpha value is -0.973. The minimum absolute atomic E-state index is 0.172. The quantitative estimate of drug-likeness (QED) is 0.152. The monoisotopic (exact) mass is 576 g/mol. The average Bonchev–Trinajstić information content (AvgIpc) is 2.65. The Morgan fingerprint density at radius 2 is 0.714 bits per heavy atom. The lowest BCUT2D eigenvalue weighted by molar-refractivity contribution is -0.461. The van der Waals surface area contributed by atoms with Crippen LogP contribution < -0.4 is 0 Å². The molecule has 0 unspecified atom stereocenters. The van der Waals surface area contributed by atoms with Crippen LogP contribution in [0, 0.1) is 0 Å². The summed E-state index contributed by atoms with van der Waals surface area (Å²) in [5, 5.41) is 0. The highest BCUT2D eigenvalue weighted by Crippen LogP contribution is 2.64. The molecule has 212 valence electrons. The van der Waals surface area contributed by atoms with Gasteiger partial charge in [-0.2, -0.15) is 74.6 Å². The van der Waals surface area contributed by atoms with Crippen LogP contribution in [-0.4, -0.2) is 55.7 Å². The Bertz CT molecular complexity index is 704. The molecule has 0 spiro atoms. The maximum atomic E-state index is 14.0. The molecular weight excluding hydrogens is 555 g/mol. The fraction of sp³-hybridized carbons (Fsp3) is 1.00. The predicted octanol–water partition coefficient (Wildman–Crippen LogP) is 9.28. The summed E-state index contributed by atoms with van der Waals surface area (Å²) in [5.74, 6) is -55.7. The van der Waals surface area contributed by atoms with E-state index < -0.39 is 68.2 Å². The van der Waals surface area contributed by atoms with Crippen molar-refractivity contribution in [3.63, 3.8) is 0 Å². The summed E-state index contributed by atoms with van der Waals surface area (Å²) in [5.41, 5.74) is 0. The van der Waals surface area contributed by atoms with E-state index in [1.54, 1.807) is 13.8 Å². The summed E-state index contributed by atoms with van der Waals surface area (Å²) in [7, 11) is -2.89. The van der Waals surface area contributed by atoms with E-state index in [4.69, 9.17) is 0 Å². The van der Waals surface area contributed by atoms with Gasteiger partial charge < -0.3 is 0 Å². The summed E-state index contributed by atoms with van der Waals surface area (Å²) in [6.07, 6.45) is -9.41. The lowest BCUT2D eigenvalue weighted by Crippen LogP contribution is -2.74. The Morgan fingerprint density at radius 1 is 0.429 bits per heavy atom. The number of rotatable bonds is 13. The molecule has 0 aromatic heterocycles. The molecule has 0 rings (SSSR count). The first kappa shape index (κ1) is 34.0. The molecule has 0 saturated carbocycles. The standard InChI is InChI=1S/C17H21F17Si/c1-4-7-35(3,8-5-2)9-6-10(18,19)11(20,21)12(22,23)13(24,25)14(26,27)15(28,29)16(30,31)17(32,33)34/h4-9H2,1-3H3. The van der Waals surface area contributed by atoms with Crippen molar-refractivity contribution in [1.82, 2.24) is 0 Å². The molecule has 0 bridgehead atoms. The molecule has 0 aliphatic carbocycles. The molecule has 0 N–H and O–H groups in total. The van der Waals surface area contributed by atoms with E-state index in [0.29, 0.717) is 12.8 Å². The van der Waals surface area contributed by atoms with Gasteiger partial charge >= 0.3 is 47.6 Å².